The number of guanidine groups is 1. The molecule has 1 aliphatic heterocycles. The molecule has 0 spiro atoms. The summed E-state index contributed by atoms with van der Waals surface area (Å²) in [6, 6.07) is 6.62. The Kier molecular flexibility index (Phi) is 6.99. The van der Waals surface area contributed by atoms with Gasteiger partial charge in [0, 0.05) is 38.9 Å². The standard InChI is InChI=1S/C18H29FN4O/c1-20-17(21-11-8-15-4-6-16(19)7-5-15)22-14-18(23(2)3)9-12-24-13-10-18/h4-7H,8-14H2,1-3H3,(H2,20,21,22). The van der Waals surface area contributed by atoms with Crippen LogP contribution >= 0.6 is 0 Å². The molecule has 134 valence electrons. The fraction of sp³-hybridized carbons (Fsp3) is 0.611. The number of ether oxygens (including phenoxy) is 1. The first-order valence-corrected chi connectivity index (χ1v) is 8.50. The highest BCUT2D eigenvalue weighted by Crippen LogP contribution is 2.24. The van der Waals surface area contributed by atoms with Crippen LogP contribution in [0.2, 0.25) is 0 Å². The molecule has 2 N–H and O–H groups in total. The van der Waals surface area contributed by atoms with Crippen LogP contribution in [0.25, 0.3) is 0 Å². The zero-order chi connectivity index (χ0) is 17.4. The maximum atomic E-state index is 12.9. The molecule has 1 aromatic rings. The van der Waals surface area contributed by atoms with Gasteiger partial charge in [-0.05, 0) is 51.1 Å². The largest absolute Gasteiger partial charge is 0.381 e. The molecule has 1 aliphatic rings. The van der Waals surface area contributed by atoms with Gasteiger partial charge in [-0.15, -0.1) is 0 Å². The summed E-state index contributed by atoms with van der Waals surface area (Å²) in [6.07, 6.45) is 2.85. The van der Waals surface area contributed by atoms with Gasteiger partial charge in [-0.3, -0.25) is 4.99 Å². The van der Waals surface area contributed by atoms with Gasteiger partial charge in [-0.2, -0.15) is 0 Å². The Labute approximate surface area is 144 Å². The summed E-state index contributed by atoms with van der Waals surface area (Å²) in [5.74, 6) is 0.597. The number of rotatable bonds is 6. The zero-order valence-corrected chi connectivity index (χ0v) is 14.9. The van der Waals surface area contributed by atoms with Gasteiger partial charge in [-0.25, -0.2) is 4.39 Å². The topological polar surface area (TPSA) is 48.9 Å². The Bertz CT molecular complexity index is 524. The van der Waals surface area contributed by atoms with E-state index in [1.165, 1.54) is 12.1 Å². The van der Waals surface area contributed by atoms with E-state index in [4.69, 9.17) is 4.74 Å². The molecule has 6 heteroatoms. The molecule has 0 unspecified atom stereocenters. The minimum atomic E-state index is -0.199. The number of aliphatic imine (C=N–C) groups is 1. The van der Waals surface area contributed by atoms with Gasteiger partial charge < -0.3 is 20.3 Å². The smallest absolute Gasteiger partial charge is 0.191 e. The van der Waals surface area contributed by atoms with Gasteiger partial charge in [-0.1, -0.05) is 12.1 Å². The number of nitrogens with zero attached hydrogens (tertiary/aromatic N) is 2. The van der Waals surface area contributed by atoms with Crippen LogP contribution in [0, 0.1) is 5.82 Å². The van der Waals surface area contributed by atoms with Crippen LogP contribution in [0.3, 0.4) is 0 Å². The second kappa shape index (κ2) is 8.99. The van der Waals surface area contributed by atoms with E-state index in [-0.39, 0.29) is 11.4 Å². The van der Waals surface area contributed by atoms with Gasteiger partial charge in [0.15, 0.2) is 5.96 Å². The first kappa shape index (κ1) is 18.7. The van der Waals surface area contributed by atoms with E-state index in [0.29, 0.717) is 0 Å². The van der Waals surface area contributed by atoms with Crippen molar-refractivity contribution in [2.24, 2.45) is 4.99 Å². The molecule has 0 saturated carbocycles. The molecule has 0 aromatic heterocycles. The second-order valence-electron chi connectivity index (χ2n) is 6.46. The van der Waals surface area contributed by atoms with E-state index in [1.807, 2.05) is 12.1 Å². The van der Waals surface area contributed by atoms with Crippen molar-refractivity contribution in [3.63, 3.8) is 0 Å². The van der Waals surface area contributed by atoms with Crippen LogP contribution in [0.4, 0.5) is 4.39 Å². The second-order valence-corrected chi connectivity index (χ2v) is 6.46. The van der Waals surface area contributed by atoms with Gasteiger partial charge in [0.25, 0.3) is 0 Å². The fourth-order valence-electron chi connectivity index (χ4n) is 2.98. The first-order valence-electron chi connectivity index (χ1n) is 8.50. The van der Waals surface area contributed by atoms with Crippen LogP contribution in [-0.4, -0.2) is 63.8 Å². The fourth-order valence-corrected chi connectivity index (χ4v) is 2.98. The van der Waals surface area contributed by atoms with Crippen LogP contribution in [0.5, 0.6) is 0 Å². The SMILES string of the molecule is CN=C(NCCc1ccc(F)cc1)NCC1(N(C)C)CCOCC1. The third-order valence-corrected chi connectivity index (χ3v) is 4.80. The monoisotopic (exact) mass is 336 g/mol. The lowest BCUT2D eigenvalue weighted by atomic mass is 9.88. The van der Waals surface area contributed by atoms with Crippen molar-refractivity contribution < 1.29 is 9.13 Å². The Morgan fingerprint density at radius 2 is 1.88 bits per heavy atom. The average Bonchev–Trinajstić information content (AvgIpc) is 2.60. The molecule has 0 bridgehead atoms. The molecule has 0 radical (unpaired) electrons. The maximum absolute atomic E-state index is 12.9. The predicted molar refractivity (Wildman–Crippen MR) is 95.9 cm³/mol. The van der Waals surface area contributed by atoms with Crippen LogP contribution in [0.15, 0.2) is 29.3 Å². The van der Waals surface area contributed by atoms with Crippen molar-refractivity contribution in [1.29, 1.82) is 0 Å². The Hall–Kier alpha value is -1.66. The summed E-state index contributed by atoms with van der Waals surface area (Å²) in [7, 11) is 6.02. The number of benzene rings is 1. The minimum absolute atomic E-state index is 0.104. The molecule has 1 aromatic carbocycles. The van der Waals surface area contributed by atoms with E-state index in [9.17, 15) is 4.39 Å². The lowest BCUT2D eigenvalue weighted by molar-refractivity contribution is -0.00500. The number of halogens is 1. The molecular formula is C18H29FN4O. The van der Waals surface area contributed by atoms with E-state index in [2.05, 4.69) is 34.6 Å². The minimum Gasteiger partial charge on any atom is -0.381 e. The quantitative estimate of drug-likeness (QED) is 0.613. The van der Waals surface area contributed by atoms with Crippen molar-refractivity contribution in [3.05, 3.63) is 35.6 Å². The van der Waals surface area contributed by atoms with E-state index < -0.39 is 0 Å². The van der Waals surface area contributed by atoms with Crippen molar-refractivity contribution in [1.82, 2.24) is 15.5 Å². The highest BCUT2D eigenvalue weighted by molar-refractivity contribution is 5.79. The maximum Gasteiger partial charge on any atom is 0.191 e. The lowest BCUT2D eigenvalue weighted by Crippen LogP contribution is -2.57. The summed E-state index contributed by atoms with van der Waals surface area (Å²) < 4.78 is 18.4. The third-order valence-electron chi connectivity index (χ3n) is 4.80. The van der Waals surface area contributed by atoms with Crippen LogP contribution < -0.4 is 10.6 Å². The lowest BCUT2D eigenvalue weighted by Gasteiger charge is -2.43. The molecule has 0 atom stereocenters. The van der Waals surface area contributed by atoms with Gasteiger partial charge in [0.1, 0.15) is 5.82 Å². The van der Waals surface area contributed by atoms with Crippen LogP contribution in [0.1, 0.15) is 18.4 Å². The molecule has 24 heavy (non-hydrogen) atoms. The van der Waals surface area contributed by atoms with E-state index in [0.717, 1.165) is 57.1 Å². The highest BCUT2D eigenvalue weighted by atomic mass is 19.1. The Morgan fingerprint density at radius 3 is 2.46 bits per heavy atom. The molecule has 2 rings (SSSR count). The molecule has 1 fully saturated rings. The molecule has 0 aliphatic carbocycles. The van der Waals surface area contributed by atoms with Gasteiger partial charge >= 0.3 is 0 Å². The number of hydrogen-bond donors (Lipinski definition) is 2. The molecular weight excluding hydrogens is 307 g/mol. The molecule has 0 amide bonds. The van der Waals surface area contributed by atoms with Gasteiger partial charge in [0.05, 0.1) is 0 Å². The highest BCUT2D eigenvalue weighted by Gasteiger charge is 2.34. The third kappa shape index (κ3) is 5.18. The number of likely N-dealkylation sites (N-methyl/N-ethyl adjacent to an activating group) is 1. The first-order chi connectivity index (χ1) is 11.6. The molecule has 5 nitrogen and oxygen atoms in total. The summed E-state index contributed by atoms with van der Waals surface area (Å²) in [4.78, 5) is 6.58. The summed E-state index contributed by atoms with van der Waals surface area (Å²) in [5, 5.41) is 6.76. The van der Waals surface area contributed by atoms with Crippen molar-refractivity contribution in [2.75, 3.05) is 47.4 Å². The van der Waals surface area contributed by atoms with E-state index >= 15 is 0 Å². The Morgan fingerprint density at radius 1 is 1.21 bits per heavy atom. The van der Waals surface area contributed by atoms with Crippen LogP contribution in [-0.2, 0) is 11.2 Å². The summed E-state index contributed by atoms with van der Waals surface area (Å²) in [6.45, 7) is 3.19. The molecule has 1 saturated heterocycles. The van der Waals surface area contributed by atoms with Gasteiger partial charge in [0.2, 0.25) is 0 Å². The summed E-state index contributed by atoms with van der Waals surface area (Å²) in [5.41, 5.74) is 1.21. The normalized spacial score (nSPS) is 17.8. The Balaban J connectivity index is 1.80. The summed E-state index contributed by atoms with van der Waals surface area (Å²) >= 11 is 0. The molecule has 1 heterocycles. The zero-order valence-electron chi connectivity index (χ0n) is 14.9. The van der Waals surface area contributed by atoms with Crippen molar-refractivity contribution in [3.8, 4) is 0 Å². The number of nitrogens with one attached hydrogen (secondary N) is 2. The van der Waals surface area contributed by atoms with E-state index in [1.54, 1.807) is 7.05 Å². The number of hydrogen-bond acceptors (Lipinski definition) is 3. The average molecular weight is 336 g/mol. The predicted octanol–water partition coefficient (Wildman–Crippen LogP) is 1.64. The van der Waals surface area contributed by atoms with Crippen molar-refractivity contribution >= 4 is 5.96 Å². The van der Waals surface area contributed by atoms with Crippen molar-refractivity contribution in [2.45, 2.75) is 24.8 Å².